The lowest BCUT2D eigenvalue weighted by Crippen LogP contribution is -2.34. The van der Waals surface area contributed by atoms with Gasteiger partial charge in [-0.2, -0.15) is 0 Å². The predicted octanol–water partition coefficient (Wildman–Crippen LogP) is 3.99. The molecule has 2 atom stereocenters. The third kappa shape index (κ3) is 2.18. The first-order chi connectivity index (χ1) is 9.29. The Labute approximate surface area is 114 Å². The van der Waals surface area contributed by atoms with Crippen LogP contribution < -0.4 is 5.32 Å². The molecule has 0 spiro atoms. The van der Waals surface area contributed by atoms with Crippen LogP contribution >= 0.6 is 0 Å². The van der Waals surface area contributed by atoms with E-state index < -0.39 is 0 Å². The van der Waals surface area contributed by atoms with E-state index in [9.17, 15) is 0 Å². The highest BCUT2D eigenvalue weighted by molar-refractivity contribution is 5.78. The van der Waals surface area contributed by atoms with E-state index in [0.717, 1.165) is 17.5 Å². The number of furan rings is 1. The Kier molecular flexibility index (Phi) is 2.66. The minimum absolute atomic E-state index is 0.638. The van der Waals surface area contributed by atoms with Crippen LogP contribution in [0, 0.1) is 12.8 Å². The van der Waals surface area contributed by atoms with E-state index >= 15 is 0 Å². The number of rotatable bonds is 4. The Hall–Kier alpha value is -1.28. The first kappa shape index (κ1) is 11.5. The zero-order chi connectivity index (χ0) is 12.8. The molecule has 2 saturated carbocycles. The molecule has 19 heavy (non-hydrogen) atoms. The van der Waals surface area contributed by atoms with Gasteiger partial charge < -0.3 is 9.73 Å². The SMILES string of the molecule is Cc1ccc2oc(C3CCC3CNC3CC3)cc2c1. The lowest BCUT2D eigenvalue weighted by atomic mass is 9.72. The van der Waals surface area contributed by atoms with Crippen molar-refractivity contribution in [2.75, 3.05) is 6.54 Å². The summed E-state index contributed by atoms with van der Waals surface area (Å²) in [6, 6.07) is 9.53. The van der Waals surface area contributed by atoms with Gasteiger partial charge in [0.05, 0.1) is 0 Å². The Bertz CT molecular complexity index is 596. The average Bonchev–Trinajstić information content (AvgIpc) is 3.08. The van der Waals surface area contributed by atoms with Crippen molar-refractivity contribution in [3.63, 3.8) is 0 Å². The van der Waals surface area contributed by atoms with Crippen molar-refractivity contribution in [3.8, 4) is 0 Å². The summed E-state index contributed by atoms with van der Waals surface area (Å²) in [6.07, 6.45) is 5.39. The molecule has 0 radical (unpaired) electrons. The molecule has 4 rings (SSSR count). The molecule has 2 nitrogen and oxygen atoms in total. The van der Waals surface area contributed by atoms with Gasteiger partial charge in [0.1, 0.15) is 11.3 Å². The average molecular weight is 255 g/mol. The molecule has 2 unspecified atom stereocenters. The summed E-state index contributed by atoms with van der Waals surface area (Å²) >= 11 is 0. The maximum Gasteiger partial charge on any atom is 0.134 e. The van der Waals surface area contributed by atoms with Crippen LogP contribution in [-0.2, 0) is 0 Å². The molecule has 100 valence electrons. The third-order valence-corrected chi connectivity index (χ3v) is 4.72. The molecule has 2 heteroatoms. The van der Waals surface area contributed by atoms with Gasteiger partial charge in [-0.15, -0.1) is 0 Å². The third-order valence-electron chi connectivity index (χ3n) is 4.72. The molecule has 1 heterocycles. The van der Waals surface area contributed by atoms with Gasteiger partial charge in [0.2, 0.25) is 0 Å². The fourth-order valence-corrected chi connectivity index (χ4v) is 3.16. The van der Waals surface area contributed by atoms with Crippen LogP contribution in [0.2, 0.25) is 0 Å². The van der Waals surface area contributed by atoms with Crippen LogP contribution in [0.15, 0.2) is 28.7 Å². The van der Waals surface area contributed by atoms with Gasteiger partial charge in [-0.25, -0.2) is 0 Å². The minimum atomic E-state index is 0.638. The molecular formula is C17H21NO. The topological polar surface area (TPSA) is 25.2 Å². The molecule has 0 aliphatic heterocycles. The number of benzene rings is 1. The molecule has 2 fully saturated rings. The van der Waals surface area contributed by atoms with Crippen LogP contribution in [0.25, 0.3) is 11.0 Å². The normalized spacial score (nSPS) is 26.6. The van der Waals surface area contributed by atoms with Gasteiger partial charge in [-0.05, 0) is 63.3 Å². The maximum absolute atomic E-state index is 6.05. The summed E-state index contributed by atoms with van der Waals surface area (Å²) in [5, 5.41) is 4.92. The van der Waals surface area contributed by atoms with E-state index in [4.69, 9.17) is 4.42 Å². The number of nitrogens with one attached hydrogen (secondary N) is 1. The molecule has 0 saturated heterocycles. The molecule has 2 aliphatic rings. The second-order valence-corrected chi connectivity index (χ2v) is 6.32. The quantitative estimate of drug-likeness (QED) is 0.893. The van der Waals surface area contributed by atoms with E-state index in [-0.39, 0.29) is 0 Å². The van der Waals surface area contributed by atoms with E-state index in [1.807, 2.05) is 0 Å². The van der Waals surface area contributed by atoms with Gasteiger partial charge in [0.25, 0.3) is 0 Å². The fourth-order valence-electron chi connectivity index (χ4n) is 3.16. The summed E-state index contributed by atoms with van der Waals surface area (Å²) in [6.45, 7) is 3.31. The van der Waals surface area contributed by atoms with Crippen LogP contribution in [0.1, 0.15) is 42.9 Å². The highest BCUT2D eigenvalue weighted by Gasteiger charge is 2.35. The van der Waals surface area contributed by atoms with E-state index in [0.29, 0.717) is 5.92 Å². The lowest BCUT2D eigenvalue weighted by molar-refractivity contribution is 0.218. The highest BCUT2D eigenvalue weighted by Crippen LogP contribution is 2.44. The number of hydrogen-bond donors (Lipinski definition) is 1. The summed E-state index contributed by atoms with van der Waals surface area (Å²) < 4.78 is 6.05. The Morgan fingerprint density at radius 2 is 2.05 bits per heavy atom. The second kappa shape index (κ2) is 4.38. The summed E-state index contributed by atoms with van der Waals surface area (Å²) in [5.41, 5.74) is 2.35. The van der Waals surface area contributed by atoms with Crippen molar-refractivity contribution in [2.45, 2.75) is 44.6 Å². The standard InChI is InChI=1S/C17H21NO/c1-11-2-7-16-13(8-11)9-17(19-16)15-6-3-12(15)10-18-14-4-5-14/h2,7-9,12,14-15,18H,3-6,10H2,1H3. The monoisotopic (exact) mass is 255 g/mol. The molecule has 1 aromatic carbocycles. The van der Waals surface area contributed by atoms with Crippen LogP contribution in [-0.4, -0.2) is 12.6 Å². The first-order valence-corrected chi connectivity index (χ1v) is 7.53. The number of aryl methyl sites for hydroxylation is 1. The Balaban J connectivity index is 1.52. The molecule has 0 bridgehead atoms. The van der Waals surface area contributed by atoms with E-state index in [1.54, 1.807) is 0 Å². The van der Waals surface area contributed by atoms with Crippen LogP contribution in [0.3, 0.4) is 0 Å². The second-order valence-electron chi connectivity index (χ2n) is 6.32. The van der Waals surface area contributed by atoms with Crippen molar-refractivity contribution in [1.29, 1.82) is 0 Å². The van der Waals surface area contributed by atoms with E-state index in [2.05, 4.69) is 36.5 Å². The van der Waals surface area contributed by atoms with Gasteiger partial charge in [0, 0.05) is 17.3 Å². The largest absolute Gasteiger partial charge is 0.461 e. The smallest absolute Gasteiger partial charge is 0.134 e. The number of hydrogen-bond acceptors (Lipinski definition) is 2. The van der Waals surface area contributed by atoms with Crippen LogP contribution in [0.5, 0.6) is 0 Å². The van der Waals surface area contributed by atoms with Crippen molar-refractivity contribution < 1.29 is 4.42 Å². The highest BCUT2D eigenvalue weighted by atomic mass is 16.3. The van der Waals surface area contributed by atoms with Gasteiger partial charge in [0.15, 0.2) is 0 Å². The van der Waals surface area contributed by atoms with Crippen molar-refractivity contribution in [1.82, 2.24) is 5.32 Å². The summed E-state index contributed by atoms with van der Waals surface area (Å²) in [4.78, 5) is 0. The molecule has 1 aromatic heterocycles. The molecule has 2 aliphatic carbocycles. The predicted molar refractivity (Wildman–Crippen MR) is 77.4 cm³/mol. The summed E-state index contributed by atoms with van der Waals surface area (Å²) in [7, 11) is 0. The van der Waals surface area contributed by atoms with Gasteiger partial charge in [-0.1, -0.05) is 11.6 Å². The van der Waals surface area contributed by atoms with Crippen molar-refractivity contribution >= 4 is 11.0 Å². The van der Waals surface area contributed by atoms with E-state index in [1.165, 1.54) is 48.9 Å². The van der Waals surface area contributed by atoms with Crippen LogP contribution in [0.4, 0.5) is 0 Å². The molecule has 1 N–H and O–H groups in total. The zero-order valence-electron chi connectivity index (χ0n) is 11.5. The zero-order valence-corrected chi connectivity index (χ0v) is 11.5. The fraction of sp³-hybridized carbons (Fsp3) is 0.529. The molecule has 2 aromatic rings. The minimum Gasteiger partial charge on any atom is -0.461 e. The lowest BCUT2D eigenvalue weighted by Gasteiger charge is -2.35. The van der Waals surface area contributed by atoms with Gasteiger partial charge in [-0.3, -0.25) is 0 Å². The molecular weight excluding hydrogens is 234 g/mol. The first-order valence-electron chi connectivity index (χ1n) is 7.53. The summed E-state index contributed by atoms with van der Waals surface area (Å²) in [5.74, 6) is 2.62. The van der Waals surface area contributed by atoms with Gasteiger partial charge >= 0.3 is 0 Å². The Morgan fingerprint density at radius 3 is 2.79 bits per heavy atom. The molecule has 0 amide bonds. The number of fused-ring (bicyclic) bond motifs is 1. The maximum atomic E-state index is 6.05. The van der Waals surface area contributed by atoms with Crippen molar-refractivity contribution in [2.24, 2.45) is 5.92 Å². The Morgan fingerprint density at radius 1 is 1.16 bits per heavy atom. The van der Waals surface area contributed by atoms with Crippen molar-refractivity contribution in [3.05, 3.63) is 35.6 Å².